The van der Waals surface area contributed by atoms with Gasteiger partial charge in [-0.1, -0.05) is 22.9 Å². The Hall–Kier alpha value is -3.02. The van der Waals surface area contributed by atoms with Crippen LogP contribution in [0.1, 0.15) is 48.5 Å². The molecular weight excluding hydrogens is 557 g/mol. The SMILES string of the molecule is CC(C)N(C)c1cc(-c2nnc(-c3cc(F)c(OCC4COC(C)(C)N4C(=O)OC(C)(C)C)cc3Cl)s2)ccn1. The second-order valence-corrected chi connectivity index (χ2v) is 12.7. The van der Waals surface area contributed by atoms with Crippen molar-refractivity contribution in [2.24, 2.45) is 0 Å². The van der Waals surface area contributed by atoms with Gasteiger partial charge in [-0.2, -0.15) is 0 Å². The Morgan fingerprint density at radius 2 is 1.98 bits per heavy atom. The fraction of sp³-hybridized carbons (Fsp3) is 0.500. The molecule has 0 aliphatic carbocycles. The fourth-order valence-corrected chi connectivity index (χ4v) is 5.30. The molecule has 3 heterocycles. The largest absolute Gasteiger partial charge is 0.488 e. The predicted octanol–water partition coefficient (Wildman–Crippen LogP) is 6.66. The minimum atomic E-state index is -0.897. The zero-order valence-corrected chi connectivity index (χ0v) is 25.6. The zero-order chi connectivity index (χ0) is 29.4. The van der Waals surface area contributed by atoms with Crippen molar-refractivity contribution in [1.82, 2.24) is 20.1 Å². The van der Waals surface area contributed by atoms with Gasteiger partial charge in [-0.05, 0) is 66.7 Å². The van der Waals surface area contributed by atoms with Gasteiger partial charge < -0.3 is 19.1 Å². The molecule has 4 rings (SSSR count). The lowest BCUT2D eigenvalue weighted by atomic mass is 10.2. The number of hydrogen-bond acceptors (Lipinski definition) is 9. The molecule has 2 aromatic heterocycles. The molecule has 40 heavy (non-hydrogen) atoms. The number of rotatable bonds is 7. The topological polar surface area (TPSA) is 89.9 Å². The maximum atomic E-state index is 15.2. The van der Waals surface area contributed by atoms with E-state index in [0.29, 0.717) is 15.6 Å². The Balaban J connectivity index is 1.50. The number of halogens is 2. The second-order valence-electron chi connectivity index (χ2n) is 11.4. The van der Waals surface area contributed by atoms with E-state index in [1.165, 1.54) is 28.4 Å². The molecule has 1 fully saturated rings. The van der Waals surface area contributed by atoms with Crippen molar-refractivity contribution >= 4 is 34.8 Å². The summed E-state index contributed by atoms with van der Waals surface area (Å²) in [6.07, 6.45) is 1.20. The Morgan fingerprint density at radius 3 is 2.65 bits per heavy atom. The zero-order valence-electron chi connectivity index (χ0n) is 24.0. The predicted molar refractivity (Wildman–Crippen MR) is 154 cm³/mol. The molecule has 12 heteroatoms. The number of pyridine rings is 1. The van der Waals surface area contributed by atoms with Crippen LogP contribution in [0.25, 0.3) is 21.1 Å². The van der Waals surface area contributed by atoms with Crippen LogP contribution < -0.4 is 9.64 Å². The first-order valence-corrected chi connectivity index (χ1v) is 14.2. The third-order valence-electron chi connectivity index (χ3n) is 6.40. The van der Waals surface area contributed by atoms with Crippen LogP contribution in [0.15, 0.2) is 30.5 Å². The van der Waals surface area contributed by atoms with Crippen LogP contribution in [0.3, 0.4) is 0 Å². The summed E-state index contributed by atoms with van der Waals surface area (Å²) in [6.45, 7) is 13.3. The summed E-state index contributed by atoms with van der Waals surface area (Å²) in [5.41, 5.74) is -0.310. The van der Waals surface area contributed by atoms with Gasteiger partial charge in [-0.15, -0.1) is 10.2 Å². The lowest BCUT2D eigenvalue weighted by molar-refractivity contribution is -0.0637. The number of benzene rings is 1. The van der Waals surface area contributed by atoms with Crippen LogP contribution in [0.2, 0.25) is 5.02 Å². The molecule has 0 spiro atoms. The van der Waals surface area contributed by atoms with Crippen LogP contribution in [0.5, 0.6) is 5.75 Å². The first kappa shape index (κ1) is 30.0. The van der Waals surface area contributed by atoms with Crippen molar-refractivity contribution in [2.45, 2.75) is 71.9 Å². The molecule has 1 unspecified atom stereocenters. The van der Waals surface area contributed by atoms with Gasteiger partial charge in [0, 0.05) is 36.5 Å². The number of ether oxygens (including phenoxy) is 3. The second kappa shape index (κ2) is 11.5. The molecule has 1 saturated heterocycles. The van der Waals surface area contributed by atoms with Gasteiger partial charge in [0.15, 0.2) is 11.6 Å². The van der Waals surface area contributed by atoms with Crippen LogP contribution >= 0.6 is 22.9 Å². The minimum absolute atomic E-state index is 0.00652. The normalized spacial score (nSPS) is 16.9. The molecule has 216 valence electrons. The Bertz CT molecular complexity index is 1380. The fourth-order valence-electron chi connectivity index (χ4n) is 4.13. The van der Waals surface area contributed by atoms with Gasteiger partial charge in [0.25, 0.3) is 0 Å². The average molecular weight is 592 g/mol. The molecule has 0 saturated carbocycles. The molecule has 9 nitrogen and oxygen atoms in total. The highest BCUT2D eigenvalue weighted by molar-refractivity contribution is 7.18. The summed E-state index contributed by atoms with van der Waals surface area (Å²) in [7, 11) is 1.98. The quantitative estimate of drug-likeness (QED) is 0.301. The summed E-state index contributed by atoms with van der Waals surface area (Å²) < 4.78 is 32.3. The molecule has 0 bridgehead atoms. The van der Waals surface area contributed by atoms with Gasteiger partial charge >= 0.3 is 6.09 Å². The number of anilines is 1. The number of amides is 1. The van der Waals surface area contributed by atoms with E-state index in [1.807, 2.05) is 19.2 Å². The Labute approximate surface area is 243 Å². The molecule has 0 N–H and O–H groups in total. The molecule has 1 aliphatic heterocycles. The molecule has 1 atom stereocenters. The molecule has 1 amide bonds. The molecule has 1 aliphatic rings. The van der Waals surface area contributed by atoms with Gasteiger partial charge in [-0.25, -0.2) is 14.2 Å². The Kier molecular flexibility index (Phi) is 8.58. The number of aromatic nitrogens is 3. The molecule has 0 radical (unpaired) electrons. The smallest absolute Gasteiger partial charge is 0.413 e. The van der Waals surface area contributed by atoms with E-state index < -0.39 is 29.3 Å². The number of carbonyl (C=O) groups is 1. The first-order valence-electron chi connectivity index (χ1n) is 13.0. The van der Waals surface area contributed by atoms with Crippen molar-refractivity contribution in [1.29, 1.82) is 0 Å². The van der Waals surface area contributed by atoms with Crippen LogP contribution in [0, 0.1) is 5.82 Å². The summed E-state index contributed by atoms with van der Waals surface area (Å²) >= 11 is 7.85. The van der Waals surface area contributed by atoms with Crippen LogP contribution in [-0.4, -0.2) is 69.8 Å². The summed E-state index contributed by atoms with van der Waals surface area (Å²) in [4.78, 5) is 20.8. The summed E-state index contributed by atoms with van der Waals surface area (Å²) in [5, 5.41) is 9.96. The van der Waals surface area contributed by atoms with Crippen molar-refractivity contribution in [3.8, 4) is 26.9 Å². The highest BCUT2D eigenvalue weighted by Gasteiger charge is 2.46. The highest BCUT2D eigenvalue weighted by atomic mass is 35.5. The van der Waals surface area contributed by atoms with E-state index in [4.69, 9.17) is 25.8 Å². The Morgan fingerprint density at radius 1 is 1.27 bits per heavy atom. The number of hydrogen-bond donors (Lipinski definition) is 0. The lowest BCUT2D eigenvalue weighted by Crippen LogP contribution is -2.51. The molecular formula is C28H35ClFN5O4S. The van der Waals surface area contributed by atoms with E-state index in [9.17, 15) is 4.79 Å². The maximum Gasteiger partial charge on any atom is 0.413 e. The van der Waals surface area contributed by atoms with Crippen molar-refractivity contribution < 1.29 is 23.4 Å². The van der Waals surface area contributed by atoms with Gasteiger partial charge in [-0.3, -0.25) is 4.90 Å². The molecule has 1 aromatic carbocycles. The maximum absolute atomic E-state index is 15.2. The monoisotopic (exact) mass is 591 g/mol. The highest BCUT2D eigenvalue weighted by Crippen LogP contribution is 2.38. The van der Waals surface area contributed by atoms with Gasteiger partial charge in [0.1, 0.15) is 33.8 Å². The third kappa shape index (κ3) is 6.64. The lowest BCUT2D eigenvalue weighted by Gasteiger charge is -2.35. The van der Waals surface area contributed by atoms with E-state index in [-0.39, 0.29) is 30.0 Å². The minimum Gasteiger partial charge on any atom is -0.488 e. The van der Waals surface area contributed by atoms with E-state index in [0.717, 1.165) is 11.4 Å². The molecule has 3 aromatic rings. The van der Waals surface area contributed by atoms with Crippen LogP contribution in [0.4, 0.5) is 15.0 Å². The van der Waals surface area contributed by atoms with Gasteiger partial charge in [0.05, 0.1) is 17.7 Å². The van der Waals surface area contributed by atoms with E-state index >= 15 is 4.39 Å². The average Bonchev–Trinajstić information content (AvgIpc) is 3.47. The van der Waals surface area contributed by atoms with Crippen molar-refractivity contribution in [3.05, 3.63) is 41.3 Å². The number of nitrogens with zero attached hydrogens (tertiary/aromatic N) is 5. The van der Waals surface area contributed by atoms with Gasteiger partial charge in [0.2, 0.25) is 0 Å². The number of carbonyl (C=O) groups excluding carboxylic acids is 1. The summed E-state index contributed by atoms with van der Waals surface area (Å²) in [5.74, 6) is 0.168. The van der Waals surface area contributed by atoms with Crippen molar-refractivity contribution in [3.63, 3.8) is 0 Å². The van der Waals surface area contributed by atoms with E-state index in [1.54, 1.807) is 40.8 Å². The standard InChI is InChI=1S/C28H35ClFN5O4S/c1-16(2)34(8)23-11-17(9-10-31-23)24-32-33-25(40-24)19-12-21(30)22(13-20(19)29)37-14-18-15-38-28(6,7)35(18)26(36)39-27(3,4)5/h9-13,16,18H,14-15H2,1-8H3. The summed E-state index contributed by atoms with van der Waals surface area (Å²) in [6, 6.07) is 6.30. The van der Waals surface area contributed by atoms with Crippen LogP contribution in [-0.2, 0) is 9.47 Å². The third-order valence-corrected chi connectivity index (χ3v) is 7.72. The van der Waals surface area contributed by atoms with Crippen molar-refractivity contribution in [2.75, 3.05) is 25.2 Å². The van der Waals surface area contributed by atoms with E-state index in [2.05, 4.69) is 33.9 Å². The first-order chi connectivity index (χ1) is 18.7.